The number of aromatic amines is 1. The molecule has 0 radical (unpaired) electrons. The van der Waals surface area contributed by atoms with Crippen LogP contribution in [-0.4, -0.2) is 19.2 Å². The van der Waals surface area contributed by atoms with Gasteiger partial charge < -0.3 is 10.3 Å². The van der Waals surface area contributed by atoms with Gasteiger partial charge in [-0.3, -0.25) is 4.72 Å². The average Bonchev–Trinajstić information content (AvgIpc) is 2.91. The Morgan fingerprint density at radius 2 is 1.79 bits per heavy atom. The minimum Gasteiger partial charge on any atom is -0.381 e. The van der Waals surface area contributed by atoms with Gasteiger partial charge in [0.15, 0.2) is 0 Å². The first-order chi connectivity index (χ1) is 9.09. The van der Waals surface area contributed by atoms with Crippen LogP contribution in [-0.2, 0) is 16.6 Å². The first-order valence-electron chi connectivity index (χ1n) is 6.05. The number of hydrogen-bond donors (Lipinski definition) is 3. The molecule has 0 saturated heterocycles. The highest BCUT2D eigenvalue weighted by molar-refractivity contribution is 7.92. The number of sulfonamides is 1. The number of hydrogen-bond acceptors (Lipinski definition) is 3. The first-order valence-corrected chi connectivity index (χ1v) is 7.70. The van der Waals surface area contributed by atoms with Crippen LogP contribution in [0.2, 0.25) is 0 Å². The maximum absolute atomic E-state index is 11.4. The summed E-state index contributed by atoms with van der Waals surface area (Å²) in [6.07, 6.45) is 3.80. The summed E-state index contributed by atoms with van der Waals surface area (Å²) in [4.78, 5) is 2.99. The van der Waals surface area contributed by atoms with E-state index in [0.717, 1.165) is 17.8 Å². The van der Waals surface area contributed by atoms with Crippen molar-refractivity contribution >= 4 is 21.4 Å². The fraction of sp³-hybridized carbons (Fsp3) is 0.231. The van der Waals surface area contributed by atoms with Crippen molar-refractivity contribution in [1.82, 2.24) is 4.98 Å². The van der Waals surface area contributed by atoms with Crippen molar-refractivity contribution in [3.8, 4) is 0 Å². The molecule has 0 unspecified atom stereocenters. The molecule has 1 heterocycles. The lowest BCUT2D eigenvalue weighted by Crippen LogP contribution is -2.14. The molecule has 0 bridgehead atoms. The Balaban J connectivity index is 1.95. The van der Waals surface area contributed by atoms with Crippen LogP contribution in [0.15, 0.2) is 42.7 Å². The zero-order valence-electron chi connectivity index (χ0n) is 10.7. The van der Waals surface area contributed by atoms with Gasteiger partial charge in [0.1, 0.15) is 0 Å². The van der Waals surface area contributed by atoms with Crippen LogP contribution in [0.25, 0.3) is 0 Å². The number of rotatable bonds is 6. The molecule has 0 aliphatic heterocycles. The molecule has 5 nitrogen and oxygen atoms in total. The van der Waals surface area contributed by atoms with Gasteiger partial charge in [0.05, 0.1) is 5.75 Å². The zero-order chi connectivity index (χ0) is 13.7. The Morgan fingerprint density at radius 1 is 1.11 bits per heavy atom. The van der Waals surface area contributed by atoms with E-state index < -0.39 is 10.0 Å². The smallest absolute Gasteiger partial charge is 0.232 e. The molecule has 2 aromatic rings. The number of H-pyrrole nitrogens is 1. The van der Waals surface area contributed by atoms with Gasteiger partial charge in [-0.1, -0.05) is 0 Å². The number of anilines is 2. The second-order valence-corrected chi connectivity index (χ2v) is 6.17. The van der Waals surface area contributed by atoms with Gasteiger partial charge in [-0.25, -0.2) is 8.42 Å². The van der Waals surface area contributed by atoms with Crippen LogP contribution < -0.4 is 10.0 Å². The molecule has 1 aromatic carbocycles. The fourth-order valence-electron chi connectivity index (χ4n) is 1.58. The van der Waals surface area contributed by atoms with E-state index in [1.165, 1.54) is 0 Å². The van der Waals surface area contributed by atoms with Crippen molar-refractivity contribution in [2.75, 3.05) is 15.8 Å². The van der Waals surface area contributed by atoms with Crippen molar-refractivity contribution in [3.63, 3.8) is 0 Å². The number of nitrogens with one attached hydrogen (secondary N) is 3. The van der Waals surface area contributed by atoms with E-state index in [1.807, 2.05) is 30.6 Å². The van der Waals surface area contributed by atoms with Gasteiger partial charge in [0.2, 0.25) is 10.0 Å². The topological polar surface area (TPSA) is 74.0 Å². The molecular formula is C13H17N3O2S. The van der Waals surface area contributed by atoms with Crippen molar-refractivity contribution in [2.24, 2.45) is 0 Å². The monoisotopic (exact) mass is 279 g/mol. The maximum atomic E-state index is 11.4. The van der Waals surface area contributed by atoms with Gasteiger partial charge in [-0.15, -0.1) is 0 Å². The Labute approximate surface area is 113 Å². The molecule has 0 atom stereocenters. The van der Waals surface area contributed by atoms with Crippen molar-refractivity contribution in [1.29, 1.82) is 0 Å². The molecule has 2 rings (SSSR count). The van der Waals surface area contributed by atoms with Gasteiger partial charge in [-0.2, -0.15) is 0 Å². The number of aromatic nitrogens is 1. The normalized spacial score (nSPS) is 11.2. The summed E-state index contributed by atoms with van der Waals surface area (Å²) in [6.45, 7) is 2.33. The summed E-state index contributed by atoms with van der Waals surface area (Å²) in [6, 6.07) is 9.18. The molecule has 6 heteroatoms. The standard InChI is InChI=1S/C13H17N3O2S/c1-2-19(17,18)16-13-5-3-12(4-6-13)15-10-11-7-8-14-9-11/h3-9,14-16H,2,10H2,1H3. The lowest BCUT2D eigenvalue weighted by atomic mass is 10.2. The highest BCUT2D eigenvalue weighted by atomic mass is 32.2. The van der Waals surface area contributed by atoms with Crippen LogP contribution in [0.5, 0.6) is 0 Å². The Kier molecular flexibility index (Phi) is 4.11. The zero-order valence-corrected chi connectivity index (χ0v) is 11.5. The van der Waals surface area contributed by atoms with E-state index in [2.05, 4.69) is 15.0 Å². The van der Waals surface area contributed by atoms with E-state index in [1.54, 1.807) is 19.1 Å². The van der Waals surface area contributed by atoms with E-state index >= 15 is 0 Å². The molecule has 0 saturated carbocycles. The van der Waals surface area contributed by atoms with Crippen molar-refractivity contribution < 1.29 is 8.42 Å². The van der Waals surface area contributed by atoms with Gasteiger partial charge >= 0.3 is 0 Å². The van der Waals surface area contributed by atoms with Crippen LogP contribution in [0.4, 0.5) is 11.4 Å². The van der Waals surface area contributed by atoms with E-state index in [0.29, 0.717) is 5.69 Å². The van der Waals surface area contributed by atoms with Crippen molar-refractivity contribution in [2.45, 2.75) is 13.5 Å². The molecule has 19 heavy (non-hydrogen) atoms. The Bertz CT molecular complexity index is 604. The second kappa shape index (κ2) is 5.79. The third-order valence-corrected chi connectivity index (χ3v) is 4.00. The minimum absolute atomic E-state index is 0.0699. The predicted molar refractivity (Wildman–Crippen MR) is 77.6 cm³/mol. The summed E-state index contributed by atoms with van der Waals surface area (Å²) in [5, 5.41) is 3.25. The predicted octanol–water partition coefficient (Wildman–Crippen LogP) is 2.39. The van der Waals surface area contributed by atoms with E-state index in [4.69, 9.17) is 0 Å². The third-order valence-electron chi connectivity index (χ3n) is 2.70. The summed E-state index contributed by atoms with van der Waals surface area (Å²) >= 11 is 0. The Morgan fingerprint density at radius 3 is 2.37 bits per heavy atom. The van der Waals surface area contributed by atoms with Crippen LogP contribution in [0.3, 0.4) is 0 Å². The molecular weight excluding hydrogens is 262 g/mol. The van der Waals surface area contributed by atoms with Crippen LogP contribution >= 0.6 is 0 Å². The molecule has 0 aliphatic rings. The first kappa shape index (κ1) is 13.5. The summed E-state index contributed by atoms with van der Waals surface area (Å²) in [7, 11) is -3.21. The SMILES string of the molecule is CCS(=O)(=O)Nc1ccc(NCc2cc[nH]c2)cc1. The highest BCUT2D eigenvalue weighted by Crippen LogP contribution is 2.15. The van der Waals surface area contributed by atoms with Gasteiger partial charge in [0, 0.05) is 30.3 Å². The van der Waals surface area contributed by atoms with Crippen LogP contribution in [0.1, 0.15) is 12.5 Å². The molecule has 0 amide bonds. The van der Waals surface area contributed by atoms with Crippen molar-refractivity contribution in [3.05, 3.63) is 48.3 Å². The molecule has 0 spiro atoms. The third kappa shape index (κ3) is 4.03. The molecule has 0 aliphatic carbocycles. The second-order valence-electron chi connectivity index (χ2n) is 4.16. The summed E-state index contributed by atoms with van der Waals surface area (Å²) < 4.78 is 25.3. The summed E-state index contributed by atoms with van der Waals surface area (Å²) in [5.74, 6) is 0.0699. The van der Waals surface area contributed by atoms with E-state index in [9.17, 15) is 8.42 Å². The lowest BCUT2D eigenvalue weighted by molar-refractivity contribution is 0.602. The molecule has 1 aromatic heterocycles. The lowest BCUT2D eigenvalue weighted by Gasteiger charge is -2.08. The van der Waals surface area contributed by atoms with Gasteiger partial charge in [-0.05, 0) is 42.8 Å². The fourth-order valence-corrected chi connectivity index (χ4v) is 2.22. The summed E-state index contributed by atoms with van der Waals surface area (Å²) in [5.41, 5.74) is 2.69. The van der Waals surface area contributed by atoms with E-state index in [-0.39, 0.29) is 5.75 Å². The van der Waals surface area contributed by atoms with Gasteiger partial charge in [0.25, 0.3) is 0 Å². The number of benzene rings is 1. The molecule has 102 valence electrons. The average molecular weight is 279 g/mol. The molecule has 0 fully saturated rings. The maximum Gasteiger partial charge on any atom is 0.232 e. The largest absolute Gasteiger partial charge is 0.381 e. The Hall–Kier alpha value is -1.95. The van der Waals surface area contributed by atoms with Crippen LogP contribution in [0, 0.1) is 0 Å². The minimum atomic E-state index is -3.21. The molecule has 3 N–H and O–H groups in total. The highest BCUT2D eigenvalue weighted by Gasteiger charge is 2.05. The quantitative estimate of drug-likeness (QED) is 0.760.